The number of halogens is 1. The van der Waals surface area contributed by atoms with Gasteiger partial charge in [0.05, 0.1) is 18.9 Å². The quantitative estimate of drug-likeness (QED) is 0.534. The Morgan fingerprint density at radius 2 is 1.74 bits per heavy atom. The molecule has 2 aromatic carbocycles. The van der Waals surface area contributed by atoms with E-state index in [-0.39, 0.29) is 23.6 Å². The van der Waals surface area contributed by atoms with Crippen LogP contribution in [-0.4, -0.2) is 38.8 Å². The van der Waals surface area contributed by atoms with Gasteiger partial charge in [0.2, 0.25) is 15.9 Å². The predicted molar refractivity (Wildman–Crippen MR) is 137 cm³/mol. The average Bonchev–Trinajstić information content (AvgIpc) is 2.79. The molecule has 1 aliphatic heterocycles. The van der Waals surface area contributed by atoms with Gasteiger partial charge in [-0.25, -0.2) is 12.7 Å². The molecule has 1 saturated heterocycles. The summed E-state index contributed by atoms with van der Waals surface area (Å²) >= 11 is 5.89. The average molecular weight is 507 g/mol. The Morgan fingerprint density at radius 3 is 2.29 bits per heavy atom. The van der Waals surface area contributed by atoms with Crippen LogP contribution < -0.4 is 10.1 Å². The van der Waals surface area contributed by atoms with E-state index < -0.39 is 10.0 Å². The van der Waals surface area contributed by atoms with Crippen LogP contribution in [0.1, 0.15) is 67.8 Å². The number of ether oxygens (including phenoxy) is 1. The molecule has 1 amide bonds. The van der Waals surface area contributed by atoms with E-state index in [4.69, 9.17) is 16.3 Å². The first-order chi connectivity index (χ1) is 16.0. The summed E-state index contributed by atoms with van der Waals surface area (Å²) in [6.07, 6.45) is 1.02. The van der Waals surface area contributed by atoms with Gasteiger partial charge in [-0.1, -0.05) is 37.6 Å². The smallest absolute Gasteiger partial charge is 0.223 e. The van der Waals surface area contributed by atoms with Crippen molar-refractivity contribution < 1.29 is 17.9 Å². The number of piperidine rings is 1. The SMILES string of the molecule is COc1cc(C)c(C(C)NC(=O)C2CCN(S(=O)(=O)Cc3ccc(Cl)cc3)CC2)cc1C(C)C. The van der Waals surface area contributed by atoms with Gasteiger partial charge in [0, 0.05) is 24.0 Å². The minimum absolute atomic E-state index is 0.0245. The first-order valence-corrected chi connectivity index (χ1v) is 13.7. The maximum atomic E-state index is 13.0. The van der Waals surface area contributed by atoms with Crippen molar-refractivity contribution in [1.29, 1.82) is 0 Å². The molecule has 1 aliphatic rings. The molecule has 8 heteroatoms. The Labute approximate surface area is 208 Å². The number of nitrogens with one attached hydrogen (secondary N) is 1. The molecule has 0 bridgehead atoms. The van der Waals surface area contributed by atoms with Gasteiger partial charge < -0.3 is 10.1 Å². The molecule has 6 nitrogen and oxygen atoms in total. The highest BCUT2D eigenvalue weighted by Gasteiger charge is 2.32. The normalized spacial score (nSPS) is 16.4. The molecule has 1 fully saturated rings. The van der Waals surface area contributed by atoms with Crippen LogP contribution in [0.5, 0.6) is 5.75 Å². The summed E-state index contributed by atoms with van der Waals surface area (Å²) in [6, 6.07) is 10.8. The van der Waals surface area contributed by atoms with Gasteiger partial charge in [0.25, 0.3) is 0 Å². The molecule has 0 aliphatic carbocycles. The van der Waals surface area contributed by atoms with E-state index in [9.17, 15) is 13.2 Å². The summed E-state index contributed by atoms with van der Waals surface area (Å²) in [5.74, 6) is 0.877. The number of carbonyl (C=O) groups excluding carboxylic acids is 1. The molecule has 2 aromatic rings. The standard InChI is InChI=1S/C26H35ClN2O4S/c1-17(2)23-15-24(18(3)14-25(23)33-5)19(4)28-26(30)21-10-12-29(13-11-21)34(31,32)16-20-6-8-22(27)9-7-20/h6-9,14-15,17,19,21H,10-13,16H2,1-5H3,(H,28,30). The van der Waals surface area contributed by atoms with Gasteiger partial charge >= 0.3 is 0 Å². The Balaban J connectivity index is 1.60. The van der Waals surface area contributed by atoms with E-state index in [0.717, 1.165) is 22.4 Å². The van der Waals surface area contributed by atoms with Crippen LogP contribution in [0.25, 0.3) is 0 Å². The highest BCUT2D eigenvalue weighted by Crippen LogP contribution is 2.32. The minimum atomic E-state index is -3.44. The topological polar surface area (TPSA) is 75.7 Å². The molecule has 0 radical (unpaired) electrons. The van der Waals surface area contributed by atoms with E-state index in [0.29, 0.717) is 42.4 Å². The largest absolute Gasteiger partial charge is 0.496 e. The number of amides is 1. The van der Waals surface area contributed by atoms with Crippen molar-refractivity contribution in [3.05, 3.63) is 63.7 Å². The van der Waals surface area contributed by atoms with Crippen LogP contribution in [0.4, 0.5) is 0 Å². The second-order valence-electron chi connectivity index (χ2n) is 9.39. The lowest BCUT2D eigenvalue weighted by molar-refractivity contribution is -0.126. The summed E-state index contributed by atoms with van der Waals surface area (Å²) in [5, 5.41) is 3.73. The second kappa shape index (κ2) is 11.1. The lowest BCUT2D eigenvalue weighted by atomic mass is 9.92. The minimum Gasteiger partial charge on any atom is -0.496 e. The van der Waals surface area contributed by atoms with Crippen LogP contribution in [0, 0.1) is 12.8 Å². The fourth-order valence-corrected chi connectivity index (χ4v) is 6.19. The van der Waals surface area contributed by atoms with Crippen molar-refractivity contribution >= 4 is 27.5 Å². The summed E-state index contributed by atoms with van der Waals surface area (Å²) in [4.78, 5) is 13.0. The fraction of sp³-hybridized carbons (Fsp3) is 0.500. The molecule has 186 valence electrons. The van der Waals surface area contributed by atoms with Crippen LogP contribution in [-0.2, 0) is 20.6 Å². The van der Waals surface area contributed by atoms with Gasteiger partial charge in [-0.3, -0.25) is 4.79 Å². The van der Waals surface area contributed by atoms with Crippen molar-refractivity contribution in [2.75, 3.05) is 20.2 Å². The van der Waals surface area contributed by atoms with Gasteiger partial charge in [0.15, 0.2) is 0 Å². The number of aryl methyl sites for hydroxylation is 1. The Morgan fingerprint density at radius 1 is 1.12 bits per heavy atom. The fourth-order valence-electron chi connectivity index (χ4n) is 4.50. The molecule has 34 heavy (non-hydrogen) atoms. The highest BCUT2D eigenvalue weighted by atomic mass is 35.5. The van der Waals surface area contributed by atoms with Gasteiger partial charge in [-0.15, -0.1) is 0 Å². The van der Waals surface area contributed by atoms with Crippen LogP contribution in [0.2, 0.25) is 5.02 Å². The number of hydrogen-bond donors (Lipinski definition) is 1. The van der Waals surface area contributed by atoms with E-state index in [2.05, 4.69) is 25.2 Å². The van der Waals surface area contributed by atoms with E-state index in [1.54, 1.807) is 31.4 Å². The van der Waals surface area contributed by atoms with Gasteiger partial charge in [-0.05, 0) is 79.1 Å². The Hall–Kier alpha value is -2.09. The molecule has 3 rings (SSSR count). The first-order valence-electron chi connectivity index (χ1n) is 11.7. The van der Waals surface area contributed by atoms with Crippen molar-refractivity contribution in [3.63, 3.8) is 0 Å². The summed E-state index contributed by atoms with van der Waals surface area (Å²) in [7, 11) is -1.77. The molecule has 1 unspecified atom stereocenters. The molecule has 0 spiro atoms. The third kappa shape index (κ3) is 6.32. The maximum Gasteiger partial charge on any atom is 0.223 e. The third-order valence-corrected chi connectivity index (χ3v) is 8.65. The first kappa shape index (κ1) is 26.5. The molecular formula is C26H35ClN2O4S. The van der Waals surface area contributed by atoms with Crippen LogP contribution in [0.3, 0.4) is 0 Å². The molecule has 1 N–H and O–H groups in total. The monoisotopic (exact) mass is 506 g/mol. The number of hydrogen-bond acceptors (Lipinski definition) is 4. The number of rotatable bonds is 8. The van der Waals surface area contributed by atoms with Crippen molar-refractivity contribution in [2.45, 2.75) is 58.2 Å². The Bertz CT molecular complexity index is 1110. The van der Waals surface area contributed by atoms with E-state index >= 15 is 0 Å². The molecular weight excluding hydrogens is 472 g/mol. The molecule has 0 aromatic heterocycles. The van der Waals surface area contributed by atoms with Gasteiger partial charge in [0.1, 0.15) is 5.75 Å². The van der Waals surface area contributed by atoms with Crippen LogP contribution >= 0.6 is 11.6 Å². The van der Waals surface area contributed by atoms with Crippen molar-refractivity contribution in [1.82, 2.24) is 9.62 Å². The zero-order chi connectivity index (χ0) is 25.0. The zero-order valence-electron chi connectivity index (χ0n) is 20.6. The second-order valence-corrected chi connectivity index (χ2v) is 11.8. The number of benzene rings is 2. The van der Waals surface area contributed by atoms with E-state index in [1.807, 2.05) is 19.9 Å². The summed E-state index contributed by atoms with van der Waals surface area (Å²) in [5.41, 5.74) is 3.95. The third-order valence-electron chi connectivity index (χ3n) is 6.55. The number of methoxy groups -OCH3 is 1. The molecule has 1 atom stereocenters. The zero-order valence-corrected chi connectivity index (χ0v) is 22.2. The highest BCUT2D eigenvalue weighted by molar-refractivity contribution is 7.88. The molecule has 1 heterocycles. The van der Waals surface area contributed by atoms with Crippen LogP contribution in [0.15, 0.2) is 36.4 Å². The van der Waals surface area contributed by atoms with Gasteiger partial charge in [-0.2, -0.15) is 0 Å². The number of sulfonamides is 1. The maximum absolute atomic E-state index is 13.0. The lowest BCUT2D eigenvalue weighted by Gasteiger charge is -2.31. The summed E-state index contributed by atoms with van der Waals surface area (Å²) < 4.78 is 32.7. The van der Waals surface area contributed by atoms with Crippen molar-refractivity contribution in [3.8, 4) is 5.75 Å². The molecule has 0 saturated carbocycles. The summed E-state index contributed by atoms with van der Waals surface area (Å²) in [6.45, 7) is 8.95. The number of nitrogens with zero attached hydrogens (tertiary/aromatic N) is 1. The van der Waals surface area contributed by atoms with E-state index in [1.165, 1.54) is 4.31 Å². The van der Waals surface area contributed by atoms with Crippen molar-refractivity contribution in [2.24, 2.45) is 5.92 Å². The lowest BCUT2D eigenvalue weighted by Crippen LogP contribution is -2.43. The number of carbonyl (C=O) groups is 1. The predicted octanol–water partition coefficient (Wildman–Crippen LogP) is 5.20. The Kier molecular flexibility index (Phi) is 8.66.